The summed E-state index contributed by atoms with van der Waals surface area (Å²) >= 11 is 0. The fourth-order valence-corrected chi connectivity index (χ4v) is 3.18. The number of halogens is 1. The maximum atomic E-state index is 13.9. The van der Waals surface area contributed by atoms with E-state index in [1.807, 2.05) is 29.2 Å². The minimum atomic E-state index is -0.334. The Morgan fingerprint density at radius 1 is 1.00 bits per heavy atom. The van der Waals surface area contributed by atoms with Crippen molar-refractivity contribution >= 4 is 22.8 Å². The summed E-state index contributed by atoms with van der Waals surface area (Å²) in [6, 6.07) is 10.5. The Hall–Kier alpha value is -3.03. The standard InChI is InChI=1S/C18H19FN6O/c19-14-5-3-8-20-18(14)24-10-4-9-23(11-12-24)17(26)13-25-21-15-6-1-2-7-16(15)22-25/h1-3,5-8H,4,9-13H2. The Morgan fingerprint density at radius 3 is 2.50 bits per heavy atom. The van der Waals surface area contributed by atoms with E-state index in [2.05, 4.69) is 15.2 Å². The fraction of sp³-hybridized carbons (Fsp3) is 0.333. The molecule has 1 fully saturated rings. The lowest BCUT2D eigenvalue weighted by Gasteiger charge is -2.23. The van der Waals surface area contributed by atoms with E-state index in [4.69, 9.17) is 0 Å². The van der Waals surface area contributed by atoms with Crippen molar-refractivity contribution in [2.24, 2.45) is 0 Å². The molecule has 1 amide bonds. The molecule has 26 heavy (non-hydrogen) atoms. The Balaban J connectivity index is 1.42. The lowest BCUT2D eigenvalue weighted by Crippen LogP contribution is -2.37. The Labute approximate surface area is 150 Å². The molecular weight excluding hydrogens is 335 g/mol. The minimum Gasteiger partial charge on any atom is -0.352 e. The van der Waals surface area contributed by atoms with Gasteiger partial charge in [0.2, 0.25) is 5.91 Å². The van der Waals surface area contributed by atoms with Gasteiger partial charge in [-0.15, -0.1) is 0 Å². The first-order valence-electron chi connectivity index (χ1n) is 8.64. The molecule has 0 atom stereocenters. The number of rotatable bonds is 3. The van der Waals surface area contributed by atoms with Crippen LogP contribution in [-0.2, 0) is 11.3 Å². The van der Waals surface area contributed by atoms with Crippen molar-refractivity contribution < 1.29 is 9.18 Å². The van der Waals surface area contributed by atoms with Crippen molar-refractivity contribution in [3.8, 4) is 0 Å². The number of amides is 1. The van der Waals surface area contributed by atoms with Crippen LogP contribution in [0.25, 0.3) is 11.0 Å². The highest BCUT2D eigenvalue weighted by Crippen LogP contribution is 2.17. The lowest BCUT2D eigenvalue weighted by atomic mass is 10.3. The molecule has 0 unspecified atom stereocenters. The highest BCUT2D eigenvalue weighted by Gasteiger charge is 2.22. The van der Waals surface area contributed by atoms with Gasteiger partial charge in [0, 0.05) is 32.4 Å². The second-order valence-corrected chi connectivity index (χ2v) is 6.25. The Kier molecular flexibility index (Phi) is 4.47. The molecule has 0 N–H and O–H groups in total. The summed E-state index contributed by atoms with van der Waals surface area (Å²) in [5.74, 6) is -0.0184. The number of benzene rings is 1. The van der Waals surface area contributed by atoms with E-state index in [1.54, 1.807) is 17.2 Å². The van der Waals surface area contributed by atoms with Crippen molar-refractivity contribution in [2.75, 3.05) is 31.1 Å². The molecule has 0 spiro atoms. The van der Waals surface area contributed by atoms with Crippen LogP contribution in [0.4, 0.5) is 10.2 Å². The number of hydrogen-bond donors (Lipinski definition) is 0. The summed E-state index contributed by atoms with van der Waals surface area (Å²) in [7, 11) is 0. The van der Waals surface area contributed by atoms with Gasteiger partial charge in [0.05, 0.1) is 0 Å². The minimum absolute atomic E-state index is 0.0337. The van der Waals surface area contributed by atoms with Crippen LogP contribution < -0.4 is 4.90 Å². The van der Waals surface area contributed by atoms with Gasteiger partial charge in [-0.1, -0.05) is 12.1 Å². The number of carbonyl (C=O) groups is 1. The molecule has 8 heteroatoms. The zero-order chi connectivity index (χ0) is 17.9. The van der Waals surface area contributed by atoms with Crippen LogP contribution in [0.1, 0.15) is 6.42 Å². The molecule has 1 aromatic carbocycles. The second kappa shape index (κ2) is 7.07. The third-order valence-corrected chi connectivity index (χ3v) is 4.49. The van der Waals surface area contributed by atoms with Crippen molar-refractivity contribution in [1.29, 1.82) is 0 Å². The highest BCUT2D eigenvalue weighted by molar-refractivity contribution is 5.77. The van der Waals surface area contributed by atoms with Gasteiger partial charge < -0.3 is 9.80 Å². The molecule has 0 aliphatic carbocycles. The molecule has 7 nitrogen and oxygen atoms in total. The summed E-state index contributed by atoms with van der Waals surface area (Å²) < 4.78 is 13.9. The van der Waals surface area contributed by atoms with Gasteiger partial charge in [-0.05, 0) is 30.7 Å². The summed E-state index contributed by atoms with van der Waals surface area (Å²) in [5.41, 5.74) is 1.54. The van der Waals surface area contributed by atoms with E-state index >= 15 is 0 Å². The molecule has 0 saturated carbocycles. The number of carbonyl (C=O) groups excluding carboxylic acids is 1. The molecule has 4 rings (SSSR count). The number of aromatic nitrogens is 4. The van der Waals surface area contributed by atoms with Gasteiger partial charge in [0.1, 0.15) is 17.6 Å². The first-order chi connectivity index (χ1) is 12.7. The topological polar surface area (TPSA) is 67.2 Å². The number of pyridine rings is 1. The molecular formula is C18H19FN6O. The predicted octanol–water partition coefficient (Wildman–Crippen LogP) is 1.70. The largest absolute Gasteiger partial charge is 0.352 e. The fourth-order valence-electron chi connectivity index (χ4n) is 3.18. The molecule has 3 heterocycles. The van der Waals surface area contributed by atoms with E-state index in [-0.39, 0.29) is 18.3 Å². The van der Waals surface area contributed by atoms with Crippen LogP contribution in [-0.4, -0.2) is 57.0 Å². The van der Waals surface area contributed by atoms with Crippen LogP contribution in [0.5, 0.6) is 0 Å². The molecule has 134 valence electrons. The SMILES string of the molecule is O=C(Cn1nc2ccccc2n1)N1CCCN(c2ncccc2F)CC1. The summed E-state index contributed by atoms with van der Waals surface area (Å²) in [4.78, 5) is 21.9. The number of hydrogen-bond acceptors (Lipinski definition) is 5. The van der Waals surface area contributed by atoms with Gasteiger partial charge >= 0.3 is 0 Å². The van der Waals surface area contributed by atoms with Crippen LogP contribution in [0.2, 0.25) is 0 Å². The predicted molar refractivity (Wildman–Crippen MR) is 95.1 cm³/mol. The van der Waals surface area contributed by atoms with Crippen LogP contribution >= 0.6 is 0 Å². The van der Waals surface area contributed by atoms with Crippen LogP contribution in [0, 0.1) is 5.82 Å². The van der Waals surface area contributed by atoms with E-state index in [1.165, 1.54) is 10.9 Å². The van der Waals surface area contributed by atoms with Crippen molar-refractivity contribution in [3.63, 3.8) is 0 Å². The zero-order valence-electron chi connectivity index (χ0n) is 14.3. The molecule has 1 saturated heterocycles. The second-order valence-electron chi connectivity index (χ2n) is 6.25. The summed E-state index contributed by atoms with van der Waals surface area (Å²) in [5, 5.41) is 8.67. The van der Waals surface area contributed by atoms with Gasteiger partial charge in [0.25, 0.3) is 0 Å². The van der Waals surface area contributed by atoms with Gasteiger partial charge in [0.15, 0.2) is 11.6 Å². The number of anilines is 1. The van der Waals surface area contributed by atoms with E-state index in [0.717, 1.165) is 17.5 Å². The first-order valence-corrected chi connectivity index (χ1v) is 8.64. The maximum Gasteiger partial charge on any atom is 0.246 e. The lowest BCUT2D eigenvalue weighted by molar-refractivity contribution is -0.132. The molecule has 0 radical (unpaired) electrons. The normalized spacial score (nSPS) is 15.3. The molecule has 1 aliphatic rings. The first kappa shape index (κ1) is 16.4. The third kappa shape index (κ3) is 3.35. The molecule has 0 bridgehead atoms. The molecule has 3 aromatic rings. The average molecular weight is 354 g/mol. The van der Waals surface area contributed by atoms with Crippen molar-refractivity contribution in [1.82, 2.24) is 24.9 Å². The molecule has 1 aliphatic heterocycles. The van der Waals surface area contributed by atoms with Crippen molar-refractivity contribution in [3.05, 3.63) is 48.4 Å². The van der Waals surface area contributed by atoms with Gasteiger partial charge in [-0.2, -0.15) is 15.0 Å². The van der Waals surface area contributed by atoms with E-state index < -0.39 is 0 Å². The average Bonchev–Trinajstić information content (AvgIpc) is 2.89. The quantitative estimate of drug-likeness (QED) is 0.716. The van der Waals surface area contributed by atoms with E-state index in [0.29, 0.717) is 32.0 Å². The molecule has 2 aromatic heterocycles. The monoisotopic (exact) mass is 354 g/mol. The third-order valence-electron chi connectivity index (χ3n) is 4.49. The smallest absolute Gasteiger partial charge is 0.246 e. The number of fused-ring (bicyclic) bond motifs is 1. The maximum absolute atomic E-state index is 13.9. The zero-order valence-corrected chi connectivity index (χ0v) is 14.3. The Bertz CT molecular complexity index is 894. The highest BCUT2D eigenvalue weighted by atomic mass is 19.1. The summed E-state index contributed by atoms with van der Waals surface area (Å²) in [6.45, 7) is 2.47. The van der Waals surface area contributed by atoms with Crippen LogP contribution in [0.15, 0.2) is 42.6 Å². The van der Waals surface area contributed by atoms with E-state index in [9.17, 15) is 9.18 Å². The summed E-state index contributed by atoms with van der Waals surface area (Å²) in [6.07, 6.45) is 2.34. The number of nitrogens with zero attached hydrogens (tertiary/aromatic N) is 6. The van der Waals surface area contributed by atoms with Gasteiger partial charge in [-0.3, -0.25) is 4.79 Å². The van der Waals surface area contributed by atoms with Crippen LogP contribution in [0.3, 0.4) is 0 Å². The van der Waals surface area contributed by atoms with Gasteiger partial charge in [-0.25, -0.2) is 9.37 Å². The van der Waals surface area contributed by atoms with Crippen molar-refractivity contribution in [2.45, 2.75) is 13.0 Å². The Morgan fingerprint density at radius 2 is 1.77 bits per heavy atom.